The fourth-order valence-corrected chi connectivity index (χ4v) is 2.45. The van der Waals surface area contributed by atoms with Crippen molar-refractivity contribution in [2.45, 2.75) is 13.5 Å². The van der Waals surface area contributed by atoms with Crippen molar-refractivity contribution >= 4 is 27.3 Å². The predicted octanol–water partition coefficient (Wildman–Crippen LogP) is 4.56. The lowest BCUT2D eigenvalue weighted by atomic mass is 10.1. The van der Waals surface area contributed by atoms with Crippen molar-refractivity contribution in [2.75, 3.05) is 5.32 Å². The van der Waals surface area contributed by atoms with Crippen molar-refractivity contribution in [3.8, 4) is 0 Å². The van der Waals surface area contributed by atoms with Crippen LogP contribution in [0.25, 0.3) is 0 Å². The van der Waals surface area contributed by atoms with E-state index in [1.807, 2.05) is 0 Å². The number of aryl methyl sites for hydroxylation is 1. The standard InChI is InChI=1S/C14H11BrF2N2O2/c1-8-4-11(15)13(6-14(8)19(20)21)18-7-9-2-3-10(16)5-12(9)17/h2-6,18H,7H2,1H3. The Morgan fingerprint density at radius 3 is 2.62 bits per heavy atom. The molecule has 1 N–H and O–H groups in total. The van der Waals surface area contributed by atoms with E-state index in [0.717, 1.165) is 12.1 Å². The van der Waals surface area contributed by atoms with Gasteiger partial charge < -0.3 is 5.32 Å². The topological polar surface area (TPSA) is 55.2 Å². The van der Waals surface area contributed by atoms with Crippen molar-refractivity contribution in [2.24, 2.45) is 0 Å². The number of halogens is 3. The van der Waals surface area contributed by atoms with E-state index in [0.29, 0.717) is 15.7 Å². The summed E-state index contributed by atoms with van der Waals surface area (Å²) in [6, 6.07) is 6.27. The average Bonchev–Trinajstić information content (AvgIpc) is 2.39. The minimum atomic E-state index is -0.666. The highest BCUT2D eigenvalue weighted by atomic mass is 79.9. The summed E-state index contributed by atoms with van der Waals surface area (Å²) in [4.78, 5) is 10.4. The van der Waals surface area contributed by atoms with Crippen LogP contribution in [0.4, 0.5) is 20.2 Å². The Labute approximate surface area is 128 Å². The van der Waals surface area contributed by atoms with Crippen molar-refractivity contribution in [1.82, 2.24) is 0 Å². The molecule has 2 aromatic carbocycles. The van der Waals surface area contributed by atoms with E-state index in [2.05, 4.69) is 21.2 Å². The molecule has 0 fully saturated rings. The Balaban J connectivity index is 2.23. The summed E-state index contributed by atoms with van der Waals surface area (Å²) in [5, 5.41) is 13.8. The van der Waals surface area contributed by atoms with Crippen molar-refractivity contribution in [3.63, 3.8) is 0 Å². The van der Waals surface area contributed by atoms with Crippen LogP contribution in [0.2, 0.25) is 0 Å². The van der Waals surface area contributed by atoms with Gasteiger partial charge in [0, 0.05) is 34.3 Å². The first-order valence-electron chi connectivity index (χ1n) is 6.01. The lowest BCUT2D eigenvalue weighted by Gasteiger charge is -2.10. The van der Waals surface area contributed by atoms with E-state index in [1.54, 1.807) is 13.0 Å². The van der Waals surface area contributed by atoms with E-state index >= 15 is 0 Å². The van der Waals surface area contributed by atoms with Crippen molar-refractivity contribution in [3.05, 3.63) is 67.7 Å². The average molecular weight is 357 g/mol. The molecule has 0 heterocycles. The molecule has 2 aromatic rings. The third-order valence-electron chi connectivity index (χ3n) is 2.97. The van der Waals surface area contributed by atoms with Gasteiger partial charge in [0.1, 0.15) is 11.6 Å². The Hall–Kier alpha value is -2.02. The molecule has 4 nitrogen and oxygen atoms in total. The molecule has 0 radical (unpaired) electrons. The fraction of sp³-hybridized carbons (Fsp3) is 0.143. The molecule has 0 aliphatic rings. The summed E-state index contributed by atoms with van der Waals surface area (Å²) < 4.78 is 27.0. The molecule has 2 rings (SSSR count). The first-order valence-corrected chi connectivity index (χ1v) is 6.80. The van der Waals surface area contributed by atoms with Crippen LogP contribution in [0.1, 0.15) is 11.1 Å². The summed E-state index contributed by atoms with van der Waals surface area (Å²) in [5.74, 6) is -1.32. The van der Waals surface area contributed by atoms with Gasteiger partial charge in [-0.25, -0.2) is 8.78 Å². The van der Waals surface area contributed by atoms with Gasteiger partial charge in [-0.3, -0.25) is 10.1 Å². The van der Waals surface area contributed by atoms with Crippen LogP contribution in [-0.4, -0.2) is 4.92 Å². The molecule has 0 saturated carbocycles. The Morgan fingerprint density at radius 1 is 1.29 bits per heavy atom. The molecule has 0 unspecified atom stereocenters. The molecule has 0 aliphatic heterocycles. The summed E-state index contributed by atoms with van der Waals surface area (Å²) in [6.45, 7) is 1.72. The molecule has 0 amide bonds. The van der Waals surface area contributed by atoms with Crippen molar-refractivity contribution in [1.29, 1.82) is 0 Å². The lowest BCUT2D eigenvalue weighted by Crippen LogP contribution is -2.04. The van der Waals surface area contributed by atoms with E-state index in [9.17, 15) is 18.9 Å². The zero-order valence-electron chi connectivity index (χ0n) is 11.0. The van der Waals surface area contributed by atoms with Crippen molar-refractivity contribution < 1.29 is 13.7 Å². The third-order valence-corrected chi connectivity index (χ3v) is 3.62. The monoisotopic (exact) mass is 356 g/mol. The van der Waals surface area contributed by atoms with Gasteiger partial charge in [0.15, 0.2) is 0 Å². The summed E-state index contributed by atoms with van der Waals surface area (Å²) in [6.07, 6.45) is 0. The number of nitrogens with one attached hydrogen (secondary N) is 1. The van der Waals surface area contributed by atoms with Gasteiger partial charge in [0.05, 0.1) is 10.6 Å². The lowest BCUT2D eigenvalue weighted by molar-refractivity contribution is -0.385. The zero-order chi connectivity index (χ0) is 15.6. The number of hydrogen-bond donors (Lipinski definition) is 1. The van der Waals surface area contributed by atoms with Crippen LogP contribution < -0.4 is 5.32 Å². The molecule has 0 spiro atoms. The van der Waals surface area contributed by atoms with Crippen LogP contribution in [0, 0.1) is 28.7 Å². The maximum absolute atomic E-state index is 13.5. The SMILES string of the molecule is Cc1cc(Br)c(NCc2ccc(F)cc2F)cc1[N+](=O)[O-]. The third kappa shape index (κ3) is 3.55. The van der Waals surface area contributed by atoms with E-state index in [-0.39, 0.29) is 17.8 Å². The number of hydrogen-bond acceptors (Lipinski definition) is 3. The smallest absolute Gasteiger partial charge is 0.274 e. The van der Waals surface area contributed by atoms with E-state index in [1.165, 1.54) is 12.1 Å². The van der Waals surface area contributed by atoms with E-state index < -0.39 is 16.6 Å². The van der Waals surface area contributed by atoms with Crippen LogP contribution >= 0.6 is 15.9 Å². The van der Waals surface area contributed by atoms with Gasteiger partial charge in [-0.15, -0.1) is 0 Å². The normalized spacial score (nSPS) is 10.5. The molecule has 0 atom stereocenters. The first kappa shape index (κ1) is 15.4. The van der Waals surface area contributed by atoms with Crippen LogP contribution in [0.15, 0.2) is 34.8 Å². The molecule has 21 heavy (non-hydrogen) atoms. The Kier molecular flexibility index (Phi) is 4.52. The second kappa shape index (κ2) is 6.17. The zero-order valence-corrected chi connectivity index (χ0v) is 12.6. The number of nitro groups is 1. The summed E-state index contributed by atoms with van der Waals surface area (Å²) in [7, 11) is 0. The Morgan fingerprint density at radius 2 is 2.00 bits per heavy atom. The van der Waals surface area contributed by atoms with E-state index in [4.69, 9.17) is 0 Å². The van der Waals surface area contributed by atoms with Gasteiger partial charge in [0.25, 0.3) is 5.69 Å². The molecule has 0 saturated heterocycles. The number of nitro benzene ring substituents is 1. The minimum Gasteiger partial charge on any atom is -0.380 e. The largest absolute Gasteiger partial charge is 0.380 e. The highest BCUT2D eigenvalue weighted by Crippen LogP contribution is 2.31. The Bertz CT molecular complexity index is 708. The van der Waals surface area contributed by atoms with Gasteiger partial charge >= 0.3 is 0 Å². The number of nitrogens with zero attached hydrogens (tertiary/aromatic N) is 1. The summed E-state index contributed by atoms with van der Waals surface area (Å²) >= 11 is 3.30. The molecule has 0 bridgehead atoms. The molecule has 0 aliphatic carbocycles. The number of anilines is 1. The fourth-order valence-electron chi connectivity index (χ4n) is 1.85. The number of rotatable bonds is 4. The van der Waals surface area contributed by atoms with Gasteiger partial charge in [-0.2, -0.15) is 0 Å². The molecule has 0 aromatic heterocycles. The van der Waals surface area contributed by atoms with Crippen LogP contribution in [-0.2, 0) is 6.54 Å². The molecular formula is C14H11BrF2N2O2. The maximum atomic E-state index is 13.5. The second-order valence-corrected chi connectivity index (χ2v) is 5.32. The highest BCUT2D eigenvalue weighted by Gasteiger charge is 2.14. The minimum absolute atomic E-state index is 0.0275. The second-order valence-electron chi connectivity index (χ2n) is 4.46. The highest BCUT2D eigenvalue weighted by molar-refractivity contribution is 9.10. The molecule has 110 valence electrons. The number of benzene rings is 2. The maximum Gasteiger partial charge on any atom is 0.274 e. The summed E-state index contributed by atoms with van der Waals surface area (Å²) in [5.41, 5.74) is 1.23. The first-order chi connectivity index (χ1) is 9.88. The molecule has 7 heteroatoms. The van der Waals surface area contributed by atoms with Crippen LogP contribution in [0.3, 0.4) is 0 Å². The molecular weight excluding hydrogens is 346 g/mol. The van der Waals surface area contributed by atoms with Gasteiger partial charge in [-0.05, 0) is 35.0 Å². The van der Waals surface area contributed by atoms with Gasteiger partial charge in [0.2, 0.25) is 0 Å². The predicted molar refractivity (Wildman–Crippen MR) is 79.2 cm³/mol. The van der Waals surface area contributed by atoms with Gasteiger partial charge in [-0.1, -0.05) is 6.07 Å². The quantitative estimate of drug-likeness (QED) is 0.645. The van der Waals surface area contributed by atoms with Crippen LogP contribution in [0.5, 0.6) is 0 Å².